The molecule has 0 saturated carbocycles. The van der Waals surface area contributed by atoms with E-state index in [0.717, 1.165) is 0 Å². The van der Waals surface area contributed by atoms with Gasteiger partial charge in [0, 0.05) is 17.2 Å². The van der Waals surface area contributed by atoms with E-state index in [4.69, 9.17) is 13.0 Å². The van der Waals surface area contributed by atoms with E-state index in [9.17, 15) is 0 Å². The van der Waals surface area contributed by atoms with Crippen LogP contribution in [0.2, 0.25) is 0 Å². The van der Waals surface area contributed by atoms with Crippen LogP contribution in [0.15, 0.2) is 29.2 Å². The van der Waals surface area contributed by atoms with Crippen LogP contribution in [0.25, 0.3) is 0 Å². The van der Waals surface area contributed by atoms with E-state index in [2.05, 4.69) is 31.2 Å². The van der Waals surface area contributed by atoms with Crippen LogP contribution in [-0.2, 0) is 21.0 Å². The molecule has 0 aromatic heterocycles. The van der Waals surface area contributed by atoms with Crippen molar-refractivity contribution in [3.8, 4) is 0 Å². The van der Waals surface area contributed by atoms with Crippen molar-refractivity contribution < 1.29 is 13.0 Å². The van der Waals surface area contributed by atoms with E-state index in [1.807, 2.05) is 0 Å². The summed E-state index contributed by atoms with van der Waals surface area (Å²) in [6.07, 6.45) is 3.49. The number of benzene rings is 1. The average Bonchev–Trinajstić information content (AvgIpc) is 2.69. The highest BCUT2D eigenvalue weighted by Crippen LogP contribution is 2.22. The topological polar surface area (TPSA) is 57.2 Å². The van der Waals surface area contributed by atoms with Gasteiger partial charge in [0.2, 0.25) is 0 Å². The largest absolute Gasteiger partial charge is 0.748 e. The van der Waals surface area contributed by atoms with Crippen molar-refractivity contribution >= 4 is 21.0 Å². The molecule has 1 aromatic carbocycles. The van der Waals surface area contributed by atoms with Gasteiger partial charge in [-0.3, -0.25) is 0 Å². The lowest BCUT2D eigenvalue weighted by atomic mass is 10.2. The quantitative estimate of drug-likeness (QED) is 0.581. The van der Waals surface area contributed by atoms with Crippen molar-refractivity contribution in [3.05, 3.63) is 29.8 Å². The van der Waals surface area contributed by atoms with Gasteiger partial charge < -0.3 is 4.55 Å². The Balaban J connectivity index is 0.000000249. The molecule has 1 aliphatic rings. The summed E-state index contributed by atoms with van der Waals surface area (Å²) in [5, 5.41) is 0. The number of rotatable bonds is 1. The van der Waals surface area contributed by atoms with Gasteiger partial charge in [0.25, 0.3) is 0 Å². The molecule has 0 atom stereocenters. The van der Waals surface area contributed by atoms with E-state index in [1.165, 1.54) is 29.9 Å². The predicted molar refractivity (Wildman–Crippen MR) is 71.4 cm³/mol. The predicted octanol–water partition coefficient (Wildman–Crippen LogP) is 1.93. The minimum Gasteiger partial charge on any atom is -0.748 e. The fourth-order valence-electron chi connectivity index (χ4n) is 1.62. The van der Waals surface area contributed by atoms with Gasteiger partial charge in [0.1, 0.15) is 11.5 Å². The van der Waals surface area contributed by atoms with E-state index in [0.29, 0.717) is 17.2 Å². The van der Waals surface area contributed by atoms with Gasteiger partial charge in [-0.1, -0.05) is 17.7 Å². The van der Waals surface area contributed by atoms with Crippen molar-refractivity contribution in [1.82, 2.24) is 0 Å². The van der Waals surface area contributed by atoms with Crippen LogP contribution in [-0.4, -0.2) is 30.7 Å². The van der Waals surface area contributed by atoms with Gasteiger partial charge in [0.15, 0.2) is 4.90 Å². The van der Waals surface area contributed by atoms with Crippen LogP contribution in [0.3, 0.4) is 0 Å². The van der Waals surface area contributed by atoms with Gasteiger partial charge >= 0.3 is 0 Å². The third-order valence-corrected chi connectivity index (χ3v) is 4.89. The zero-order valence-electron chi connectivity index (χ0n) is 10.2. The summed E-state index contributed by atoms with van der Waals surface area (Å²) >= 11 is 0. The second kappa shape index (κ2) is 6.42. The number of hydrogen-bond acceptors (Lipinski definition) is 3. The summed E-state index contributed by atoms with van der Waals surface area (Å²) in [7, 11) is -3.32. The Hall–Kier alpha value is -0.520. The second-order valence-corrected chi connectivity index (χ2v) is 7.81. The van der Waals surface area contributed by atoms with E-state index >= 15 is 0 Å². The van der Waals surface area contributed by atoms with Crippen LogP contribution < -0.4 is 0 Å². The lowest BCUT2D eigenvalue weighted by Crippen LogP contribution is -2.03. The molecule has 1 saturated heterocycles. The Morgan fingerprint density at radius 2 is 1.53 bits per heavy atom. The molecular formula is C12H18O3S2. The lowest BCUT2D eigenvalue weighted by Gasteiger charge is -1.99. The minimum absolute atomic E-state index is 0.601. The molecule has 17 heavy (non-hydrogen) atoms. The van der Waals surface area contributed by atoms with Crippen LogP contribution in [0.1, 0.15) is 18.4 Å². The molecule has 1 heterocycles. The van der Waals surface area contributed by atoms with Crippen LogP contribution in [0.4, 0.5) is 0 Å². The van der Waals surface area contributed by atoms with E-state index in [-0.39, 0.29) is 0 Å². The summed E-state index contributed by atoms with van der Waals surface area (Å²) in [6.45, 7) is 2.15. The SMILES string of the molecule is CS(=O)(=O)[O-].Cc1ccc([S+]2CCCC2)cc1. The third kappa shape index (κ3) is 6.71. The molecule has 0 unspecified atom stereocenters. The molecule has 0 aliphatic carbocycles. The van der Waals surface area contributed by atoms with E-state index in [1.54, 1.807) is 4.90 Å². The van der Waals surface area contributed by atoms with E-state index < -0.39 is 10.1 Å². The molecule has 1 fully saturated rings. The zero-order valence-corrected chi connectivity index (χ0v) is 11.8. The Bertz CT molecular complexity index is 423. The standard InChI is InChI=1S/C11H15S.CH4O3S/c1-10-4-6-11(7-5-10)12-8-2-3-9-12;1-5(2,3)4/h4-7H,2-3,8-9H2,1H3;1H3,(H,2,3,4)/q+1;/p-1. The van der Waals surface area contributed by atoms with Crippen molar-refractivity contribution in [2.45, 2.75) is 24.7 Å². The summed E-state index contributed by atoms with van der Waals surface area (Å²) in [5.41, 5.74) is 1.38. The van der Waals surface area contributed by atoms with Gasteiger partial charge in [-0.2, -0.15) is 0 Å². The maximum Gasteiger partial charge on any atom is 0.154 e. The molecule has 0 radical (unpaired) electrons. The van der Waals surface area contributed by atoms with Gasteiger partial charge in [-0.05, 0) is 31.9 Å². The molecule has 0 amide bonds. The molecule has 2 rings (SSSR count). The molecule has 0 N–H and O–H groups in total. The zero-order chi connectivity index (χ0) is 12.9. The molecule has 0 bridgehead atoms. The van der Waals surface area contributed by atoms with Gasteiger partial charge in [-0.15, -0.1) is 0 Å². The smallest absolute Gasteiger partial charge is 0.154 e. The molecule has 1 aliphatic heterocycles. The monoisotopic (exact) mass is 274 g/mol. The Morgan fingerprint density at radius 1 is 1.12 bits per heavy atom. The third-order valence-electron chi connectivity index (χ3n) is 2.39. The average molecular weight is 274 g/mol. The lowest BCUT2D eigenvalue weighted by molar-refractivity contribution is 0.470. The number of aryl methyl sites for hydroxylation is 1. The molecule has 96 valence electrons. The van der Waals surface area contributed by atoms with Gasteiger partial charge in [-0.25, -0.2) is 8.42 Å². The molecule has 3 nitrogen and oxygen atoms in total. The van der Waals surface area contributed by atoms with Crippen LogP contribution in [0, 0.1) is 6.92 Å². The first-order valence-corrected chi connectivity index (χ1v) is 8.89. The van der Waals surface area contributed by atoms with Crippen molar-refractivity contribution in [1.29, 1.82) is 0 Å². The highest BCUT2D eigenvalue weighted by Gasteiger charge is 2.26. The molecular weight excluding hydrogens is 256 g/mol. The summed E-state index contributed by atoms with van der Waals surface area (Å²) in [4.78, 5) is 1.58. The summed E-state index contributed by atoms with van der Waals surface area (Å²) in [5.74, 6) is 2.87. The molecule has 5 heteroatoms. The second-order valence-electron chi connectivity index (χ2n) is 4.13. The van der Waals surface area contributed by atoms with Gasteiger partial charge in [0.05, 0.1) is 10.1 Å². The maximum absolute atomic E-state index is 9.08. The molecule has 0 spiro atoms. The van der Waals surface area contributed by atoms with Crippen molar-refractivity contribution in [3.63, 3.8) is 0 Å². The Kier molecular flexibility index (Phi) is 5.49. The fraction of sp³-hybridized carbons (Fsp3) is 0.500. The summed E-state index contributed by atoms with van der Waals surface area (Å²) in [6, 6.07) is 9.09. The highest BCUT2D eigenvalue weighted by molar-refractivity contribution is 7.97. The first-order valence-electron chi connectivity index (χ1n) is 5.51. The summed E-state index contributed by atoms with van der Waals surface area (Å²) < 4.78 is 27.2. The fourth-order valence-corrected chi connectivity index (χ4v) is 3.92. The first kappa shape index (κ1) is 14.5. The highest BCUT2D eigenvalue weighted by atomic mass is 32.2. The van der Waals surface area contributed by atoms with Crippen LogP contribution in [0.5, 0.6) is 0 Å². The Labute approximate surface area is 106 Å². The van der Waals surface area contributed by atoms with Crippen LogP contribution >= 0.6 is 0 Å². The Morgan fingerprint density at radius 3 is 1.94 bits per heavy atom. The first-order chi connectivity index (χ1) is 7.86. The normalized spacial score (nSPS) is 16.4. The van der Waals surface area contributed by atoms with Crippen molar-refractivity contribution in [2.75, 3.05) is 17.8 Å². The molecule has 1 aromatic rings. The number of hydrogen-bond donors (Lipinski definition) is 0. The maximum atomic E-state index is 9.08. The van der Waals surface area contributed by atoms with Crippen molar-refractivity contribution in [2.24, 2.45) is 0 Å². The minimum atomic E-state index is -3.92.